The highest BCUT2D eigenvalue weighted by Crippen LogP contribution is 2.33. The van der Waals surface area contributed by atoms with Crippen molar-refractivity contribution in [1.82, 2.24) is 9.97 Å². The SMILES string of the molecule is COC(=O)c1c(NC(=O)C(C)Sc2cc(C)ncn2)sc(C)c1C. The van der Waals surface area contributed by atoms with Gasteiger partial charge in [-0.2, -0.15) is 0 Å². The maximum absolute atomic E-state index is 12.5. The number of carbonyl (C=O) groups excluding carboxylic acids is 2. The van der Waals surface area contributed by atoms with Crippen molar-refractivity contribution in [1.29, 1.82) is 0 Å². The number of nitrogens with one attached hydrogen (secondary N) is 1. The van der Waals surface area contributed by atoms with Gasteiger partial charge < -0.3 is 10.1 Å². The van der Waals surface area contributed by atoms with Gasteiger partial charge in [0.25, 0.3) is 0 Å². The summed E-state index contributed by atoms with van der Waals surface area (Å²) >= 11 is 2.71. The minimum atomic E-state index is -0.445. The van der Waals surface area contributed by atoms with E-state index in [0.29, 0.717) is 10.6 Å². The quantitative estimate of drug-likeness (QED) is 0.497. The van der Waals surface area contributed by atoms with Crippen LogP contribution in [0.4, 0.5) is 5.00 Å². The van der Waals surface area contributed by atoms with E-state index >= 15 is 0 Å². The number of anilines is 1. The van der Waals surface area contributed by atoms with Crippen LogP contribution in [0.25, 0.3) is 0 Å². The zero-order valence-corrected chi connectivity index (χ0v) is 15.8. The fraction of sp³-hybridized carbons (Fsp3) is 0.375. The Kier molecular flexibility index (Phi) is 5.95. The molecule has 2 aromatic rings. The molecule has 0 saturated carbocycles. The first-order valence-electron chi connectivity index (χ1n) is 7.28. The van der Waals surface area contributed by atoms with Crippen LogP contribution in [-0.4, -0.2) is 34.2 Å². The predicted molar refractivity (Wildman–Crippen MR) is 95.9 cm³/mol. The van der Waals surface area contributed by atoms with Crippen LogP contribution < -0.4 is 5.32 Å². The Morgan fingerprint density at radius 2 is 2.00 bits per heavy atom. The lowest BCUT2D eigenvalue weighted by atomic mass is 10.1. The number of carbonyl (C=O) groups is 2. The minimum Gasteiger partial charge on any atom is -0.465 e. The van der Waals surface area contributed by atoms with Crippen molar-refractivity contribution in [3.8, 4) is 0 Å². The molecule has 0 bridgehead atoms. The molecule has 0 aromatic carbocycles. The van der Waals surface area contributed by atoms with E-state index in [1.165, 1.54) is 36.5 Å². The molecule has 2 heterocycles. The van der Waals surface area contributed by atoms with Crippen LogP contribution in [0, 0.1) is 20.8 Å². The molecule has 1 N–H and O–H groups in total. The minimum absolute atomic E-state index is 0.192. The second kappa shape index (κ2) is 7.76. The molecule has 0 aliphatic heterocycles. The smallest absolute Gasteiger partial charge is 0.341 e. The third kappa shape index (κ3) is 4.12. The number of thioether (sulfide) groups is 1. The molecule has 0 fully saturated rings. The van der Waals surface area contributed by atoms with Crippen molar-refractivity contribution < 1.29 is 14.3 Å². The van der Waals surface area contributed by atoms with Crippen molar-refractivity contribution in [2.75, 3.05) is 12.4 Å². The molecule has 1 amide bonds. The Hall–Kier alpha value is -1.93. The third-order valence-electron chi connectivity index (χ3n) is 3.46. The van der Waals surface area contributed by atoms with Crippen molar-refractivity contribution in [3.63, 3.8) is 0 Å². The van der Waals surface area contributed by atoms with Gasteiger partial charge in [0.1, 0.15) is 16.4 Å². The van der Waals surface area contributed by atoms with Crippen molar-refractivity contribution >= 4 is 40.0 Å². The van der Waals surface area contributed by atoms with Crippen LogP contribution in [-0.2, 0) is 9.53 Å². The van der Waals surface area contributed by atoms with Crippen molar-refractivity contribution in [2.24, 2.45) is 0 Å². The Labute approximate surface area is 149 Å². The number of aryl methyl sites for hydroxylation is 2. The fourth-order valence-corrected chi connectivity index (χ4v) is 3.93. The normalized spacial score (nSPS) is 11.9. The van der Waals surface area contributed by atoms with Gasteiger partial charge in [-0.15, -0.1) is 11.3 Å². The standard InChI is InChI=1S/C16H19N3O3S2/c1-8-6-12(18-7-17-8)23-11(4)14(20)19-15-13(16(21)22-5)9(2)10(3)24-15/h6-7,11H,1-5H3,(H,19,20). The number of nitrogens with zero attached hydrogens (tertiary/aromatic N) is 2. The molecule has 128 valence electrons. The first-order valence-corrected chi connectivity index (χ1v) is 8.97. The van der Waals surface area contributed by atoms with Crippen LogP contribution in [0.5, 0.6) is 0 Å². The van der Waals surface area contributed by atoms with E-state index in [4.69, 9.17) is 4.74 Å². The van der Waals surface area contributed by atoms with E-state index in [9.17, 15) is 9.59 Å². The van der Waals surface area contributed by atoms with Crippen LogP contribution >= 0.6 is 23.1 Å². The number of thiophene rings is 1. The van der Waals surface area contributed by atoms with Crippen LogP contribution in [0.3, 0.4) is 0 Å². The molecule has 2 rings (SSSR count). The Balaban J connectivity index is 2.14. The first kappa shape index (κ1) is 18.4. The Bertz CT molecular complexity index is 774. The lowest BCUT2D eigenvalue weighted by Crippen LogP contribution is -2.23. The Morgan fingerprint density at radius 3 is 2.62 bits per heavy atom. The zero-order chi connectivity index (χ0) is 17.9. The number of hydrogen-bond donors (Lipinski definition) is 1. The molecule has 8 heteroatoms. The summed E-state index contributed by atoms with van der Waals surface area (Å²) in [6, 6.07) is 1.83. The molecule has 1 unspecified atom stereocenters. The zero-order valence-electron chi connectivity index (χ0n) is 14.2. The molecule has 6 nitrogen and oxygen atoms in total. The summed E-state index contributed by atoms with van der Waals surface area (Å²) < 4.78 is 4.82. The molecule has 0 saturated heterocycles. The summed E-state index contributed by atoms with van der Waals surface area (Å²) in [5.41, 5.74) is 2.09. The van der Waals surface area contributed by atoms with Gasteiger partial charge in [-0.3, -0.25) is 4.79 Å². The van der Waals surface area contributed by atoms with Gasteiger partial charge in [-0.1, -0.05) is 11.8 Å². The van der Waals surface area contributed by atoms with E-state index in [-0.39, 0.29) is 11.2 Å². The van der Waals surface area contributed by atoms with Gasteiger partial charge in [0.15, 0.2) is 0 Å². The van der Waals surface area contributed by atoms with E-state index in [1.807, 2.05) is 26.8 Å². The van der Waals surface area contributed by atoms with E-state index in [1.54, 1.807) is 6.92 Å². The summed E-state index contributed by atoms with van der Waals surface area (Å²) in [5, 5.41) is 3.72. The van der Waals surface area contributed by atoms with Crippen molar-refractivity contribution in [2.45, 2.75) is 38.0 Å². The number of rotatable bonds is 5. The summed E-state index contributed by atoms with van der Waals surface area (Å²) in [6.07, 6.45) is 1.48. The highest BCUT2D eigenvalue weighted by molar-refractivity contribution is 8.00. The summed E-state index contributed by atoms with van der Waals surface area (Å²) in [6.45, 7) is 7.42. The highest BCUT2D eigenvalue weighted by atomic mass is 32.2. The van der Waals surface area contributed by atoms with E-state index < -0.39 is 5.97 Å². The number of aromatic nitrogens is 2. The average Bonchev–Trinajstić information content (AvgIpc) is 2.81. The van der Waals surface area contributed by atoms with Crippen LogP contribution in [0.2, 0.25) is 0 Å². The van der Waals surface area contributed by atoms with Gasteiger partial charge in [0, 0.05) is 10.6 Å². The summed E-state index contributed by atoms with van der Waals surface area (Å²) in [4.78, 5) is 33.6. The second-order valence-corrected chi connectivity index (χ2v) is 7.81. The number of methoxy groups -OCH3 is 1. The molecule has 1 atom stereocenters. The average molecular weight is 365 g/mol. The van der Waals surface area contributed by atoms with E-state index in [2.05, 4.69) is 15.3 Å². The lowest BCUT2D eigenvalue weighted by Gasteiger charge is -2.11. The maximum atomic E-state index is 12.5. The molecule has 2 aromatic heterocycles. The van der Waals surface area contributed by atoms with Gasteiger partial charge in [-0.25, -0.2) is 14.8 Å². The molecule has 24 heavy (non-hydrogen) atoms. The molecule has 0 aliphatic carbocycles. The van der Waals surface area contributed by atoms with Gasteiger partial charge in [0.05, 0.1) is 17.9 Å². The predicted octanol–water partition coefficient (Wildman–Crippen LogP) is 3.37. The summed E-state index contributed by atoms with van der Waals surface area (Å²) in [5.74, 6) is -0.637. The number of amides is 1. The molecule has 0 spiro atoms. The molecular weight excluding hydrogens is 346 g/mol. The summed E-state index contributed by atoms with van der Waals surface area (Å²) in [7, 11) is 1.33. The van der Waals surface area contributed by atoms with E-state index in [0.717, 1.165) is 21.2 Å². The fourth-order valence-electron chi connectivity index (χ4n) is 2.01. The van der Waals surface area contributed by atoms with Crippen LogP contribution in [0.1, 0.15) is 33.4 Å². The largest absolute Gasteiger partial charge is 0.465 e. The second-order valence-electron chi connectivity index (χ2n) is 5.23. The number of hydrogen-bond acceptors (Lipinski definition) is 7. The van der Waals surface area contributed by atoms with Crippen LogP contribution in [0.15, 0.2) is 17.4 Å². The number of esters is 1. The maximum Gasteiger partial charge on any atom is 0.341 e. The van der Waals surface area contributed by atoms with Crippen molar-refractivity contribution in [3.05, 3.63) is 34.1 Å². The molecule has 0 aliphatic rings. The Morgan fingerprint density at radius 1 is 1.29 bits per heavy atom. The third-order valence-corrected chi connectivity index (χ3v) is 5.61. The molecule has 0 radical (unpaired) electrons. The van der Waals surface area contributed by atoms with Gasteiger partial charge in [-0.05, 0) is 39.3 Å². The van der Waals surface area contributed by atoms with Gasteiger partial charge >= 0.3 is 5.97 Å². The lowest BCUT2D eigenvalue weighted by molar-refractivity contribution is -0.115. The molecular formula is C16H19N3O3S2. The first-order chi connectivity index (χ1) is 11.3. The number of ether oxygens (including phenoxy) is 1. The topological polar surface area (TPSA) is 81.2 Å². The van der Waals surface area contributed by atoms with Gasteiger partial charge in [0.2, 0.25) is 5.91 Å². The monoisotopic (exact) mass is 365 g/mol. The highest BCUT2D eigenvalue weighted by Gasteiger charge is 2.23.